The molecule has 0 aliphatic carbocycles. The number of carbonyl (C=O) groups excluding carboxylic acids is 1. The number of hydrogen-bond donors (Lipinski definition) is 1. The van der Waals surface area contributed by atoms with Crippen LogP contribution in [0, 0.1) is 5.82 Å². The molecule has 1 saturated heterocycles. The molecule has 3 nitrogen and oxygen atoms in total. The summed E-state index contributed by atoms with van der Waals surface area (Å²) < 4.78 is 13.3. The summed E-state index contributed by atoms with van der Waals surface area (Å²) in [5.74, 6) is -0.284. The van der Waals surface area contributed by atoms with Crippen molar-refractivity contribution in [3.63, 3.8) is 0 Å². The first-order chi connectivity index (χ1) is 8.49. The summed E-state index contributed by atoms with van der Waals surface area (Å²) in [6.45, 7) is 2.66. The molecule has 0 bridgehead atoms. The van der Waals surface area contributed by atoms with Gasteiger partial charge in [-0.05, 0) is 30.2 Å². The van der Waals surface area contributed by atoms with Crippen molar-refractivity contribution < 1.29 is 9.18 Å². The molecular formula is C13H16ClFN2O. The lowest BCUT2D eigenvalue weighted by molar-refractivity contribution is -0.130. The predicted octanol–water partition coefficient (Wildman–Crippen LogP) is 2.14. The molecule has 0 saturated carbocycles. The molecule has 1 aliphatic rings. The molecule has 18 heavy (non-hydrogen) atoms. The second-order valence-electron chi connectivity index (χ2n) is 4.69. The van der Waals surface area contributed by atoms with Crippen molar-refractivity contribution in [1.82, 2.24) is 4.90 Å². The quantitative estimate of drug-likeness (QED) is 0.850. The first kappa shape index (κ1) is 13.3. The minimum atomic E-state index is -0.310. The van der Waals surface area contributed by atoms with Crippen molar-refractivity contribution >= 4 is 17.5 Å². The molecule has 1 amide bonds. The van der Waals surface area contributed by atoms with Crippen molar-refractivity contribution in [3.05, 3.63) is 34.6 Å². The van der Waals surface area contributed by atoms with Crippen LogP contribution in [0.25, 0.3) is 0 Å². The second kappa shape index (κ2) is 5.24. The third-order valence-electron chi connectivity index (χ3n) is 3.46. The molecule has 98 valence electrons. The molecule has 1 aromatic rings. The summed E-state index contributed by atoms with van der Waals surface area (Å²) in [5.41, 5.74) is 6.83. The molecule has 1 aliphatic heterocycles. The Kier molecular flexibility index (Phi) is 3.88. The molecule has 0 aromatic heterocycles. The topological polar surface area (TPSA) is 46.3 Å². The molecular weight excluding hydrogens is 255 g/mol. The zero-order valence-corrected chi connectivity index (χ0v) is 11.0. The monoisotopic (exact) mass is 270 g/mol. The molecule has 1 heterocycles. The Hall–Kier alpha value is -1.13. The van der Waals surface area contributed by atoms with E-state index in [1.165, 1.54) is 19.1 Å². The maximum absolute atomic E-state index is 13.3. The summed E-state index contributed by atoms with van der Waals surface area (Å²) in [5, 5.41) is 0.535. The Balaban J connectivity index is 2.20. The fourth-order valence-electron chi connectivity index (χ4n) is 2.45. The molecule has 2 rings (SSSR count). The van der Waals surface area contributed by atoms with Crippen LogP contribution < -0.4 is 5.73 Å². The summed E-state index contributed by atoms with van der Waals surface area (Å²) in [7, 11) is 0. The van der Waals surface area contributed by atoms with E-state index in [-0.39, 0.29) is 23.7 Å². The van der Waals surface area contributed by atoms with Crippen LogP contribution in [-0.2, 0) is 4.79 Å². The highest BCUT2D eigenvalue weighted by atomic mass is 35.5. The number of rotatable bonds is 1. The standard InChI is InChI=1S/C13H16ClFN2O/c1-8(18)17-5-4-10(13(16)7-17)11-6-9(15)2-3-12(11)14/h2-3,6,10,13H,4-5,7,16H2,1H3. The van der Waals surface area contributed by atoms with Crippen molar-refractivity contribution in [2.24, 2.45) is 5.73 Å². The van der Waals surface area contributed by atoms with Crippen LogP contribution in [0.1, 0.15) is 24.8 Å². The minimum Gasteiger partial charge on any atom is -0.341 e. The number of hydrogen-bond acceptors (Lipinski definition) is 2. The maximum Gasteiger partial charge on any atom is 0.219 e. The van der Waals surface area contributed by atoms with E-state index < -0.39 is 0 Å². The van der Waals surface area contributed by atoms with Gasteiger partial charge in [0.05, 0.1) is 0 Å². The van der Waals surface area contributed by atoms with Gasteiger partial charge in [0.2, 0.25) is 5.91 Å². The van der Waals surface area contributed by atoms with E-state index >= 15 is 0 Å². The molecule has 2 atom stereocenters. The van der Waals surface area contributed by atoms with Crippen LogP contribution in [0.5, 0.6) is 0 Å². The van der Waals surface area contributed by atoms with Gasteiger partial charge in [-0.2, -0.15) is 0 Å². The molecule has 1 aromatic carbocycles. The van der Waals surface area contributed by atoms with Gasteiger partial charge in [0.15, 0.2) is 0 Å². The van der Waals surface area contributed by atoms with Gasteiger partial charge in [-0.1, -0.05) is 11.6 Å². The molecule has 2 N–H and O–H groups in total. The molecule has 2 unspecified atom stereocenters. The van der Waals surface area contributed by atoms with Crippen LogP contribution >= 0.6 is 11.6 Å². The van der Waals surface area contributed by atoms with Gasteiger partial charge in [0, 0.05) is 37.0 Å². The van der Waals surface area contributed by atoms with Crippen LogP contribution in [0.4, 0.5) is 4.39 Å². The summed E-state index contributed by atoms with van der Waals surface area (Å²) in [4.78, 5) is 13.0. The van der Waals surface area contributed by atoms with Crippen LogP contribution in [-0.4, -0.2) is 29.9 Å². The molecule has 5 heteroatoms. The molecule has 0 spiro atoms. The van der Waals surface area contributed by atoms with Gasteiger partial charge in [-0.15, -0.1) is 0 Å². The molecule has 1 fully saturated rings. The highest BCUT2D eigenvalue weighted by Gasteiger charge is 2.30. The number of nitrogens with zero attached hydrogens (tertiary/aromatic N) is 1. The van der Waals surface area contributed by atoms with Gasteiger partial charge in [-0.25, -0.2) is 4.39 Å². The average molecular weight is 271 g/mol. The highest BCUT2D eigenvalue weighted by Crippen LogP contribution is 2.32. The lowest BCUT2D eigenvalue weighted by Crippen LogP contribution is -2.49. The van der Waals surface area contributed by atoms with Gasteiger partial charge < -0.3 is 10.6 Å². The third kappa shape index (κ3) is 2.65. The lowest BCUT2D eigenvalue weighted by Gasteiger charge is -2.36. The smallest absolute Gasteiger partial charge is 0.219 e. The van der Waals surface area contributed by atoms with E-state index in [9.17, 15) is 9.18 Å². The van der Waals surface area contributed by atoms with E-state index in [0.29, 0.717) is 24.5 Å². The Morgan fingerprint density at radius 3 is 2.89 bits per heavy atom. The average Bonchev–Trinajstić information content (AvgIpc) is 2.32. The SMILES string of the molecule is CC(=O)N1CCC(c2cc(F)ccc2Cl)C(N)C1. The van der Waals surface area contributed by atoms with Crippen molar-refractivity contribution in [2.75, 3.05) is 13.1 Å². The van der Waals surface area contributed by atoms with Crippen molar-refractivity contribution in [3.8, 4) is 0 Å². The van der Waals surface area contributed by atoms with Crippen LogP contribution in [0.2, 0.25) is 5.02 Å². The zero-order valence-electron chi connectivity index (χ0n) is 10.2. The normalized spacial score (nSPS) is 24.1. The van der Waals surface area contributed by atoms with E-state index in [1.54, 1.807) is 11.0 Å². The lowest BCUT2D eigenvalue weighted by atomic mass is 9.85. The number of carbonyl (C=O) groups is 1. The fraction of sp³-hybridized carbons (Fsp3) is 0.462. The summed E-state index contributed by atoms with van der Waals surface area (Å²) in [6, 6.07) is 4.12. The van der Waals surface area contributed by atoms with E-state index in [1.807, 2.05) is 0 Å². The Morgan fingerprint density at radius 2 is 2.28 bits per heavy atom. The van der Waals surface area contributed by atoms with E-state index in [4.69, 9.17) is 17.3 Å². The highest BCUT2D eigenvalue weighted by molar-refractivity contribution is 6.31. The van der Waals surface area contributed by atoms with Crippen LogP contribution in [0.3, 0.4) is 0 Å². The third-order valence-corrected chi connectivity index (χ3v) is 3.81. The summed E-state index contributed by atoms with van der Waals surface area (Å²) >= 11 is 6.09. The second-order valence-corrected chi connectivity index (χ2v) is 5.10. The minimum absolute atomic E-state index is 0.00352. The summed E-state index contributed by atoms with van der Waals surface area (Å²) in [6.07, 6.45) is 0.712. The van der Waals surface area contributed by atoms with Crippen molar-refractivity contribution in [1.29, 1.82) is 0 Å². The van der Waals surface area contributed by atoms with Crippen molar-refractivity contribution in [2.45, 2.75) is 25.3 Å². The number of benzene rings is 1. The Bertz CT molecular complexity index is 466. The largest absolute Gasteiger partial charge is 0.341 e. The number of halogens is 2. The Labute approximate surface area is 111 Å². The Morgan fingerprint density at radius 1 is 1.56 bits per heavy atom. The van der Waals surface area contributed by atoms with E-state index in [2.05, 4.69) is 0 Å². The number of nitrogens with two attached hydrogens (primary N) is 1. The van der Waals surface area contributed by atoms with Gasteiger partial charge in [0.1, 0.15) is 5.82 Å². The van der Waals surface area contributed by atoms with E-state index in [0.717, 1.165) is 5.56 Å². The fourth-order valence-corrected chi connectivity index (χ4v) is 2.71. The van der Waals surface area contributed by atoms with Gasteiger partial charge in [-0.3, -0.25) is 4.79 Å². The maximum atomic E-state index is 13.3. The number of likely N-dealkylation sites (tertiary alicyclic amines) is 1. The van der Waals surface area contributed by atoms with Gasteiger partial charge in [0.25, 0.3) is 0 Å². The van der Waals surface area contributed by atoms with Gasteiger partial charge >= 0.3 is 0 Å². The first-order valence-electron chi connectivity index (χ1n) is 5.95. The first-order valence-corrected chi connectivity index (χ1v) is 6.33. The zero-order chi connectivity index (χ0) is 13.3. The number of amides is 1. The predicted molar refractivity (Wildman–Crippen MR) is 69.0 cm³/mol. The molecule has 0 radical (unpaired) electrons. The number of piperidine rings is 1. The van der Waals surface area contributed by atoms with Crippen LogP contribution in [0.15, 0.2) is 18.2 Å².